The van der Waals surface area contributed by atoms with Crippen molar-refractivity contribution in [1.82, 2.24) is 5.32 Å². The molecular weight excluding hydrogens is 374 g/mol. The van der Waals surface area contributed by atoms with Crippen LogP contribution in [-0.4, -0.2) is 30.1 Å². The van der Waals surface area contributed by atoms with Gasteiger partial charge in [-0.3, -0.25) is 4.79 Å². The second-order valence-electron chi connectivity index (χ2n) is 6.42. The first-order valence-electron chi connectivity index (χ1n) is 8.51. The molecule has 2 rings (SSSR count). The van der Waals surface area contributed by atoms with Gasteiger partial charge in [0.2, 0.25) is 5.91 Å². The minimum absolute atomic E-state index is 0.162. The first-order chi connectivity index (χ1) is 12.7. The molecule has 0 aliphatic heterocycles. The van der Waals surface area contributed by atoms with E-state index in [0.29, 0.717) is 33.7 Å². The number of aryl methyl sites for hydroxylation is 1. The number of carbonyl (C=O) groups excluding carboxylic acids is 1. The predicted octanol–water partition coefficient (Wildman–Crippen LogP) is 2.92. The molecule has 0 aliphatic carbocycles. The van der Waals surface area contributed by atoms with E-state index in [2.05, 4.69) is 5.32 Å². The number of aliphatic carboxylic acids is 1. The Kier molecular flexibility index (Phi) is 6.49. The number of carboxylic acid groups (broad SMARTS) is 1. The molecule has 7 nitrogen and oxygen atoms in total. The van der Waals surface area contributed by atoms with E-state index in [1.165, 1.54) is 13.2 Å². The Labute approximate surface area is 161 Å². The van der Waals surface area contributed by atoms with Gasteiger partial charge in [0, 0.05) is 11.5 Å². The molecule has 0 aliphatic rings. The van der Waals surface area contributed by atoms with Crippen molar-refractivity contribution < 1.29 is 23.8 Å². The summed E-state index contributed by atoms with van der Waals surface area (Å²) >= 11 is 6.14. The number of hydrogen-bond donors (Lipinski definition) is 2. The van der Waals surface area contributed by atoms with Crippen LogP contribution in [0.3, 0.4) is 0 Å². The third-order valence-electron chi connectivity index (χ3n) is 4.69. The first-order valence-corrected chi connectivity index (χ1v) is 8.89. The van der Waals surface area contributed by atoms with Gasteiger partial charge in [-0.05, 0) is 24.5 Å². The summed E-state index contributed by atoms with van der Waals surface area (Å²) in [5.41, 5.74) is 0.353. The molecule has 0 saturated carbocycles. The van der Waals surface area contributed by atoms with Crippen molar-refractivity contribution in [2.75, 3.05) is 7.11 Å². The van der Waals surface area contributed by atoms with Crippen molar-refractivity contribution in [3.8, 4) is 5.75 Å². The smallest absolute Gasteiger partial charge is 0.340 e. The Morgan fingerprint density at radius 1 is 1.37 bits per heavy atom. The summed E-state index contributed by atoms with van der Waals surface area (Å²) in [6, 6.07) is 2.10. The van der Waals surface area contributed by atoms with Crippen LogP contribution in [0, 0.1) is 12.8 Å². The lowest BCUT2D eigenvalue weighted by Gasteiger charge is -2.20. The zero-order valence-electron chi connectivity index (χ0n) is 15.6. The Bertz CT molecular complexity index is 936. The number of hydrogen-bond acceptors (Lipinski definition) is 5. The average molecular weight is 396 g/mol. The van der Waals surface area contributed by atoms with E-state index in [0.717, 1.165) is 0 Å². The molecule has 0 spiro atoms. The van der Waals surface area contributed by atoms with Crippen LogP contribution < -0.4 is 15.7 Å². The maximum Gasteiger partial charge on any atom is 0.340 e. The number of carboxylic acids is 1. The van der Waals surface area contributed by atoms with Gasteiger partial charge in [-0.15, -0.1) is 0 Å². The van der Waals surface area contributed by atoms with Crippen LogP contribution in [0.5, 0.6) is 5.75 Å². The highest BCUT2D eigenvalue weighted by molar-refractivity contribution is 6.32. The molecule has 8 heteroatoms. The fourth-order valence-electron chi connectivity index (χ4n) is 2.82. The summed E-state index contributed by atoms with van der Waals surface area (Å²) in [4.78, 5) is 36.1. The SMILES string of the molecule is CCC(C)C(NC(=O)Cc1c(C)c2cc(Cl)c(OC)cc2oc1=O)C(=O)O. The van der Waals surface area contributed by atoms with E-state index >= 15 is 0 Å². The Balaban J connectivity index is 2.37. The lowest BCUT2D eigenvalue weighted by molar-refractivity contribution is -0.143. The van der Waals surface area contributed by atoms with Gasteiger partial charge in [0.05, 0.1) is 24.1 Å². The van der Waals surface area contributed by atoms with Crippen molar-refractivity contribution in [3.05, 3.63) is 38.7 Å². The van der Waals surface area contributed by atoms with Crippen molar-refractivity contribution in [1.29, 1.82) is 0 Å². The quantitative estimate of drug-likeness (QED) is 0.698. The molecule has 0 fully saturated rings. The largest absolute Gasteiger partial charge is 0.495 e. The number of fused-ring (bicyclic) bond motifs is 1. The standard InChI is InChI=1S/C19H22ClNO6/c1-5-9(2)17(18(23)24)21-16(22)7-12-10(3)11-6-13(20)15(26-4)8-14(11)27-19(12)25/h6,8-9,17H,5,7H2,1-4H3,(H,21,22)(H,23,24). The van der Waals surface area contributed by atoms with Crippen molar-refractivity contribution >= 4 is 34.4 Å². The second-order valence-corrected chi connectivity index (χ2v) is 6.83. The van der Waals surface area contributed by atoms with Crippen LogP contribution in [0.25, 0.3) is 11.0 Å². The number of rotatable bonds is 7. The van der Waals surface area contributed by atoms with Gasteiger partial charge in [-0.1, -0.05) is 31.9 Å². The van der Waals surface area contributed by atoms with Crippen LogP contribution in [0.4, 0.5) is 0 Å². The summed E-state index contributed by atoms with van der Waals surface area (Å²) in [7, 11) is 1.45. The van der Waals surface area contributed by atoms with Gasteiger partial charge in [0.15, 0.2) is 0 Å². The number of nitrogens with one attached hydrogen (secondary N) is 1. The summed E-state index contributed by atoms with van der Waals surface area (Å²) < 4.78 is 10.4. The highest BCUT2D eigenvalue weighted by Crippen LogP contribution is 2.31. The van der Waals surface area contributed by atoms with Gasteiger partial charge in [-0.2, -0.15) is 0 Å². The summed E-state index contributed by atoms with van der Waals surface area (Å²) in [6.45, 7) is 5.27. The number of methoxy groups -OCH3 is 1. The molecule has 1 amide bonds. The van der Waals surface area contributed by atoms with Crippen LogP contribution in [0.15, 0.2) is 21.3 Å². The molecule has 1 aromatic heterocycles. The number of amides is 1. The molecule has 27 heavy (non-hydrogen) atoms. The minimum Gasteiger partial charge on any atom is -0.495 e. The highest BCUT2D eigenvalue weighted by atomic mass is 35.5. The van der Waals surface area contributed by atoms with E-state index in [1.54, 1.807) is 19.9 Å². The van der Waals surface area contributed by atoms with Gasteiger partial charge in [0.1, 0.15) is 17.4 Å². The lowest BCUT2D eigenvalue weighted by atomic mass is 9.98. The van der Waals surface area contributed by atoms with Gasteiger partial charge in [-0.25, -0.2) is 9.59 Å². The molecule has 2 atom stereocenters. The molecule has 0 saturated heterocycles. The predicted molar refractivity (Wildman–Crippen MR) is 102 cm³/mol. The summed E-state index contributed by atoms with van der Waals surface area (Å²) in [5, 5.41) is 12.7. The number of carbonyl (C=O) groups is 2. The van der Waals surface area contributed by atoms with Crippen LogP contribution >= 0.6 is 11.6 Å². The maximum absolute atomic E-state index is 12.4. The van der Waals surface area contributed by atoms with E-state index in [1.807, 2.05) is 6.92 Å². The molecule has 0 bridgehead atoms. The Hall–Kier alpha value is -2.54. The molecular formula is C19H22ClNO6. The summed E-state index contributed by atoms with van der Waals surface area (Å²) in [5.74, 6) is -1.54. The van der Waals surface area contributed by atoms with E-state index in [-0.39, 0.29) is 17.9 Å². The third kappa shape index (κ3) is 4.42. The zero-order chi connectivity index (χ0) is 20.3. The van der Waals surface area contributed by atoms with Gasteiger partial charge < -0.3 is 19.6 Å². The van der Waals surface area contributed by atoms with Crippen molar-refractivity contribution in [2.24, 2.45) is 5.92 Å². The monoisotopic (exact) mass is 395 g/mol. The fourth-order valence-corrected chi connectivity index (χ4v) is 3.06. The number of benzene rings is 1. The first kappa shape index (κ1) is 20.8. The Morgan fingerprint density at radius 2 is 2.04 bits per heavy atom. The van der Waals surface area contributed by atoms with Crippen molar-refractivity contribution in [3.63, 3.8) is 0 Å². The fraction of sp³-hybridized carbons (Fsp3) is 0.421. The minimum atomic E-state index is -1.11. The van der Waals surface area contributed by atoms with E-state index in [4.69, 9.17) is 20.8 Å². The molecule has 2 aromatic rings. The lowest BCUT2D eigenvalue weighted by Crippen LogP contribution is -2.45. The average Bonchev–Trinajstić information content (AvgIpc) is 2.62. The topological polar surface area (TPSA) is 106 Å². The second kappa shape index (κ2) is 8.43. The van der Waals surface area contributed by atoms with Gasteiger partial charge in [0.25, 0.3) is 0 Å². The molecule has 0 radical (unpaired) electrons. The van der Waals surface area contributed by atoms with E-state index < -0.39 is 23.5 Å². The van der Waals surface area contributed by atoms with Crippen LogP contribution in [-0.2, 0) is 16.0 Å². The summed E-state index contributed by atoms with van der Waals surface area (Å²) in [6.07, 6.45) is 0.308. The van der Waals surface area contributed by atoms with Gasteiger partial charge >= 0.3 is 11.6 Å². The molecule has 1 aromatic carbocycles. The molecule has 1 heterocycles. The zero-order valence-corrected chi connectivity index (χ0v) is 16.3. The van der Waals surface area contributed by atoms with Crippen molar-refractivity contribution in [2.45, 2.75) is 39.7 Å². The highest BCUT2D eigenvalue weighted by Gasteiger charge is 2.26. The van der Waals surface area contributed by atoms with E-state index in [9.17, 15) is 19.5 Å². The van der Waals surface area contributed by atoms with Crippen LogP contribution in [0.2, 0.25) is 5.02 Å². The number of halogens is 1. The molecule has 2 unspecified atom stereocenters. The molecule has 146 valence electrons. The van der Waals surface area contributed by atoms with Crippen LogP contribution in [0.1, 0.15) is 31.4 Å². The Morgan fingerprint density at radius 3 is 2.59 bits per heavy atom. The normalized spacial score (nSPS) is 13.2. The molecule has 2 N–H and O–H groups in total. The number of ether oxygens (including phenoxy) is 1. The maximum atomic E-state index is 12.4. The third-order valence-corrected chi connectivity index (χ3v) is 4.99.